The van der Waals surface area contributed by atoms with E-state index in [0.717, 1.165) is 17.0 Å². The van der Waals surface area contributed by atoms with Crippen molar-refractivity contribution >= 4 is 22.4 Å². The Morgan fingerprint density at radius 1 is 1.23 bits per heavy atom. The van der Waals surface area contributed by atoms with E-state index >= 15 is 0 Å². The summed E-state index contributed by atoms with van der Waals surface area (Å²) in [7, 11) is 0. The largest absolute Gasteiger partial charge is 0.494 e. The Bertz CT molecular complexity index is 937. The molecule has 0 bridgehead atoms. The zero-order valence-electron chi connectivity index (χ0n) is 14.0. The van der Waals surface area contributed by atoms with Crippen LogP contribution in [0.4, 0.5) is 5.13 Å². The van der Waals surface area contributed by atoms with Crippen LogP contribution < -0.4 is 19.5 Å². The minimum Gasteiger partial charge on any atom is -0.494 e. The number of fused-ring (bicyclic) bond motifs is 1. The highest BCUT2D eigenvalue weighted by molar-refractivity contribution is 7.14. The fourth-order valence-corrected chi connectivity index (χ4v) is 3.34. The van der Waals surface area contributed by atoms with E-state index in [0.29, 0.717) is 28.8 Å². The first-order valence-electron chi connectivity index (χ1n) is 8.13. The maximum Gasteiger partial charge on any atom is 0.261 e. The third kappa shape index (κ3) is 3.21. The summed E-state index contributed by atoms with van der Waals surface area (Å²) in [5, 5.41) is 5.24. The number of rotatable bonds is 5. The molecule has 4 rings (SSSR count). The minimum atomic E-state index is -0.278. The number of carbonyl (C=O) groups excluding carboxylic acids is 1. The average molecular weight is 368 g/mol. The summed E-state index contributed by atoms with van der Waals surface area (Å²) in [5.41, 5.74) is 2.19. The van der Waals surface area contributed by atoms with Gasteiger partial charge < -0.3 is 14.2 Å². The van der Waals surface area contributed by atoms with Crippen LogP contribution in [0.3, 0.4) is 0 Å². The molecule has 0 spiro atoms. The number of aromatic nitrogens is 1. The Labute approximate surface area is 154 Å². The molecule has 0 radical (unpaired) electrons. The van der Waals surface area contributed by atoms with Gasteiger partial charge in [0.1, 0.15) is 5.75 Å². The number of carbonyl (C=O) groups is 1. The van der Waals surface area contributed by atoms with Crippen LogP contribution in [-0.4, -0.2) is 24.3 Å². The molecule has 1 aliphatic rings. The van der Waals surface area contributed by atoms with Crippen molar-refractivity contribution in [2.24, 2.45) is 0 Å². The van der Waals surface area contributed by atoms with Crippen molar-refractivity contribution < 1.29 is 19.0 Å². The number of nitrogens with one attached hydrogen (secondary N) is 1. The number of amides is 1. The van der Waals surface area contributed by atoms with Crippen molar-refractivity contribution in [3.05, 3.63) is 53.4 Å². The van der Waals surface area contributed by atoms with Crippen molar-refractivity contribution in [1.29, 1.82) is 0 Å². The molecule has 1 aliphatic heterocycles. The molecule has 132 valence electrons. The lowest BCUT2D eigenvalue weighted by molar-refractivity contribution is 0.102. The summed E-state index contributed by atoms with van der Waals surface area (Å²) < 4.78 is 16.1. The number of hydrogen-bond donors (Lipinski definition) is 1. The molecular formula is C19H16N2O4S. The molecule has 7 heteroatoms. The lowest BCUT2D eigenvalue weighted by Crippen LogP contribution is -2.12. The Hall–Kier alpha value is -3.06. The predicted molar refractivity (Wildman–Crippen MR) is 99.2 cm³/mol. The Morgan fingerprint density at radius 3 is 2.88 bits per heavy atom. The SMILES string of the molecule is CCOc1ccc(-c2csc(NC(=O)c3cccc4c3OCO4)n2)cc1. The topological polar surface area (TPSA) is 69.7 Å². The van der Waals surface area contributed by atoms with Gasteiger partial charge in [-0.25, -0.2) is 4.98 Å². The normalized spacial score (nSPS) is 12.0. The molecule has 0 fully saturated rings. The van der Waals surface area contributed by atoms with Gasteiger partial charge in [0.15, 0.2) is 16.6 Å². The van der Waals surface area contributed by atoms with Crippen molar-refractivity contribution in [1.82, 2.24) is 4.98 Å². The molecule has 2 aromatic carbocycles. The minimum absolute atomic E-state index is 0.124. The van der Waals surface area contributed by atoms with Gasteiger partial charge in [-0.05, 0) is 43.3 Å². The van der Waals surface area contributed by atoms with Crippen LogP contribution >= 0.6 is 11.3 Å². The van der Waals surface area contributed by atoms with E-state index in [4.69, 9.17) is 14.2 Å². The zero-order chi connectivity index (χ0) is 17.9. The highest BCUT2D eigenvalue weighted by Crippen LogP contribution is 2.36. The number of para-hydroxylation sites is 1. The van der Waals surface area contributed by atoms with Crippen molar-refractivity contribution in [2.75, 3.05) is 18.7 Å². The lowest BCUT2D eigenvalue weighted by atomic mass is 10.1. The molecule has 26 heavy (non-hydrogen) atoms. The fourth-order valence-electron chi connectivity index (χ4n) is 2.63. The summed E-state index contributed by atoms with van der Waals surface area (Å²) in [6.07, 6.45) is 0. The van der Waals surface area contributed by atoms with Gasteiger partial charge in [0.25, 0.3) is 5.91 Å². The van der Waals surface area contributed by atoms with E-state index in [2.05, 4.69) is 10.3 Å². The number of nitrogens with zero attached hydrogens (tertiary/aromatic N) is 1. The summed E-state index contributed by atoms with van der Waals surface area (Å²) in [5.74, 6) is 1.58. The quantitative estimate of drug-likeness (QED) is 0.731. The van der Waals surface area contributed by atoms with E-state index in [1.807, 2.05) is 36.6 Å². The zero-order valence-corrected chi connectivity index (χ0v) is 14.8. The molecule has 0 saturated heterocycles. The molecule has 6 nitrogen and oxygen atoms in total. The monoisotopic (exact) mass is 368 g/mol. The maximum atomic E-state index is 12.5. The summed E-state index contributed by atoms with van der Waals surface area (Å²) in [6, 6.07) is 12.9. The maximum absolute atomic E-state index is 12.5. The molecule has 2 heterocycles. The molecular weight excluding hydrogens is 352 g/mol. The van der Waals surface area contributed by atoms with Gasteiger partial charge in [-0.3, -0.25) is 10.1 Å². The third-order valence-corrected chi connectivity index (χ3v) is 4.58. The highest BCUT2D eigenvalue weighted by atomic mass is 32.1. The van der Waals surface area contributed by atoms with Gasteiger partial charge in [-0.1, -0.05) is 6.07 Å². The number of anilines is 1. The van der Waals surface area contributed by atoms with Gasteiger partial charge >= 0.3 is 0 Å². The summed E-state index contributed by atoms with van der Waals surface area (Å²) in [4.78, 5) is 17.0. The summed E-state index contributed by atoms with van der Waals surface area (Å²) in [6.45, 7) is 2.70. The fraction of sp³-hybridized carbons (Fsp3) is 0.158. The van der Waals surface area contributed by atoms with Gasteiger partial charge in [-0.2, -0.15) is 0 Å². The molecule has 3 aromatic rings. The molecule has 0 saturated carbocycles. The van der Waals surface area contributed by atoms with Gasteiger partial charge in [0.2, 0.25) is 6.79 Å². The van der Waals surface area contributed by atoms with E-state index < -0.39 is 0 Å². The van der Waals surface area contributed by atoms with Crippen LogP contribution in [0.2, 0.25) is 0 Å². The lowest BCUT2D eigenvalue weighted by Gasteiger charge is -2.05. The van der Waals surface area contributed by atoms with Crippen molar-refractivity contribution in [2.45, 2.75) is 6.92 Å². The molecule has 0 aliphatic carbocycles. The molecule has 1 N–H and O–H groups in total. The highest BCUT2D eigenvalue weighted by Gasteiger charge is 2.22. The number of hydrogen-bond acceptors (Lipinski definition) is 6. The second-order valence-corrected chi connectivity index (χ2v) is 6.35. The van der Waals surface area contributed by atoms with Crippen LogP contribution in [0.25, 0.3) is 11.3 Å². The Kier molecular flexibility index (Phi) is 4.45. The summed E-state index contributed by atoms with van der Waals surface area (Å²) >= 11 is 1.37. The van der Waals surface area contributed by atoms with Gasteiger partial charge in [0.05, 0.1) is 17.9 Å². The number of thiazole rings is 1. The molecule has 0 atom stereocenters. The first kappa shape index (κ1) is 16.4. The smallest absolute Gasteiger partial charge is 0.261 e. The van der Waals surface area contributed by atoms with Crippen LogP contribution in [0.15, 0.2) is 47.8 Å². The first-order chi connectivity index (χ1) is 12.7. The van der Waals surface area contributed by atoms with Crippen LogP contribution in [0, 0.1) is 0 Å². The van der Waals surface area contributed by atoms with Crippen molar-refractivity contribution in [3.63, 3.8) is 0 Å². The predicted octanol–water partition coefficient (Wildman–Crippen LogP) is 4.19. The Balaban J connectivity index is 1.50. The van der Waals surface area contributed by atoms with Crippen molar-refractivity contribution in [3.8, 4) is 28.5 Å². The van der Waals surface area contributed by atoms with Gasteiger partial charge in [-0.15, -0.1) is 11.3 Å². The molecule has 1 amide bonds. The number of ether oxygens (including phenoxy) is 3. The standard InChI is InChI=1S/C19H16N2O4S/c1-2-23-13-8-6-12(7-9-13)15-10-26-19(20-15)21-18(22)14-4-3-5-16-17(14)25-11-24-16/h3-10H,2,11H2,1H3,(H,20,21,22). The van der Waals surface area contributed by atoms with Crippen LogP contribution in [-0.2, 0) is 0 Å². The second kappa shape index (κ2) is 7.05. The van der Waals surface area contributed by atoms with Crippen LogP contribution in [0.5, 0.6) is 17.2 Å². The van der Waals surface area contributed by atoms with E-state index in [-0.39, 0.29) is 12.7 Å². The molecule has 0 unspecified atom stereocenters. The molecule has 1 aromatic heterocycles. The number of benzene rings is 2. The Morgan fingerprint density at radius 2 is 2.08 bits per heavy atom. The van der Waals surface area contributed by atoms with E-state index in [1.165, 1.54) is 11.3 Å². The third-order valence-electron chi connectivity index (χ3n) is 3.83. The van der Waals surface area contributed by atoms with Crippen LogP contribution in [0.1, 0.15) is 17.3 Å². The van der Waals surface area contributed by atoms with E-state index in [9.17, 15) is 4.79 Å². The van der Waals surface area contributed by atoms with Gasteiger partial charge in [0, 0.05) is 10.9 Å². The van der Waals surface area contributed by atoms with E-state index in [1.54, 1.807) is 18.2 Å². The average Bonchev–Trinajstić information content (AvgIpc) is 3.31. The second-order valence-electron chi connectivity index (χ2n) is 5.49. The first-order valence-corrected chi connectivity index (χ1v) is 9.01.